The van der Waals surface area contributed by atoms with Crippen molar-refractivity contribution in [1.29, 1.82) is 0 Å². The van der Waals surface area contributed by atoms with Crippen LogP contribution in [0.1, 0.15) is 27.6 Å². The van der Waals surface area contributed by atoms with Crippen LogP contribution < -0.4 is 19.5 Å². The Balaban J connectivity index is 1.90. The van der Waals surface area contributed by atoms with Crippen molar-refractivity contribution in [3.05, 3.63) is 53.6 Å². The van der Waals surface area contributed by atoms with E-state index in [9.17, 15) is 14.4 Å². The number of benzene rings is 2. The number of rotatable bonds is 10. The summed E-state index contributed by atoms with van der Waals surface area (Å²) in [7, 11) is 2.91. The van der Waals surface area contributed by atoms with Crippen molar-refractivity contribution >= 4 is 17.7 Å². The first-order chi connectivity index (χ1) is 14.0. The molecule has 0 heterocycles. The molecule has 0 spiro atoms. The van der Waals surface area contributed by atoms with E-state index in [1.54, 1.807) is 43.3 Å². The molecule has 2 rings (SSSR count). The van der Waals surface area contributed by atoms with E-state index in [4.69, 9.17) is 18.9 Å². The number of amides is 1. The topological polar surface area (TPSA) is 100 Å². The highest BCUT2D eigenvalue weighted by Crippen LogP contribution is 2.24. The summed E-state index contributed by atoms with van der Waals surface area (Å²) in [5, 5.41) is 2.45. The zero-order chi connectivity index (χ0) is 21.2. The van der Waals surface area contributed by atoms with Crippen LogP contribution in [0, 0.1) is 0 Å². The summed E-state index contributed by atoms with van der Waals surface area (Å²) in [6.07, 6.45) is 0. The van der Waals surface area contributed by atoms with Crippen LogP contribution in [0.15, 0.2) is 42.5 Å². The van der Waals surface area contributed by atoms with E-state index < -0.39 is 24.3 Å². The quantitative estimate of drug-likeness (QED) is 0.481. The lowest BCUT2D eigenvalue weighted by molar-refractivity contribution is -0.141. The molecule has 2 aromatic carbocycles. The summed E-state index contributed by atoms with van der Waals surface area (Å²) in [4.78, 5) is 36.5. The maximum atomic E-state index is 12.4. The van der Waals surface area contributed by atoms with Crippen molar-refractivity contribution in [3.8, 4) is 17.2 Å². The van der Waals surface area contributed by atoms with Crippen LogP contribution in [0.2, 0.25) is 0 Å². The molecule has 0 unspecified atom stereocenters. The minimum absolute atomic E-state index is 0.231. The summed E-state index contributed by atoms with van der Waals surface area (Å²) in [6, 6.07) is 11.4. The predicted octanol–water partition coefficient (Wildman–Crippen LogP) is 2.26. The number of hydrogen-bond donors (Lipinski definition) is 1. The van der Waals surface area contributed by atoms with Gasteiger partial charge in [-0.25, -0.2) is 0 Å². The van der Waals surface area contributed by atoms with Crippen molar-refractivity contribution < 1.29 is 33.3 Å². The van der Waals surface area contributed by atoms with E-state index in [2.05, 4.69) is 5.32 Å². The van der Waals surface area contributed by atoms with Gasteiger partial charge in [-0.1, -0.05) is 12.1 Å². The van der Waals surface area contributed by atoms with Gasteiger partial charge in [0.15, 0.2) is 6.61 Å². The normalized spacial score (nSPS) is 10.0. The first-order valence-corrected chi connectivity index (χ1v) is 8.91. The third kappa shape index (κ3) is 5.97. The lowest BCUT2D eigenvalue weighted by Crippen LogP contribution is -2.31. The Labute approximate surface area is 168 Å². The third-order valence-corrected chi connectivity index (χ3v) is 3.90. The number of ether oxygens (including phenoxy) is 4. The summed E-state index contributed by atoms with van der Waals surface area (Å²) in [6.45, 7) is 1.33. The number of Topliss-reactive ketones (excluding diaryl/α,β-unsaturated/α-hetero) is 1. The van der Waals surface area contributed by atoms with Crippen LogP contribution in [0.3, 0.4) is 0 Å². The zero-order valence-electron chi connectivity index (χ0n) is 16.5. The monoisotopic (exact) mass is 401 g/mol. The van der Waals surface area contributed by atoms with Crippen LogP contribution in [0.25, 0.3) is 0 Å². The zero-order valence-corrected chi connectivity index (χ0v) is 16.5. The van der Waals surface area contributed by atoms with Crippen molar-refractivity contribution in [2.75, 3.05) is 34.0 Å². The van der Waals surface area contributed by atoms with Crippen LogP contribution in [0.5, 0.6) is 17.2 Å². The molecule has 154 valence electrons. The number of carbonyl (C=O) groups excluding carboxylic acids is 3. The van der Waals surface area contributed by atoms with Crippen molar-refractivity contribution in [1.82, 2.24) is 5.32 Å². The van der Waals surface area contributed by atoms with Gasteiger partial charge in [0.2, 0.25) is 5.78 Å². The number of ketones is 1. The van der Waals surface area contributed by atoms with Gasteiger partial charge >= 0.3 is 5.97 Å². The molecule has 0 aliphatic heterocycles. The lowest BCUT2D eigenvalue weighted by Gasteiger charge is -2.11. The fraction of sp³-hybridized carbons (Fsp3) is 0.286. The van der Waals surface area contributed by atoms with Crippen LogP contribution >= 0.6 is 0 Å². The first kappa shape index (κ1) is 21.7. The Morgan fingerprint density at radius 1 is 0.931 bits per heavy atom. The smallest absolute Gasteiger partial charge is 0.325 e. The molecule has 2 aromatic rings. The van der Waals surface area contributed by atoms with Gasteiger partial charge in [0.1, 0.15) is 23.8 Å². The molecule has 0 saturated heterocycles. The molecule has 0 radical (unpaired) electrons. The average molecular weight is 401 g/mol. The number of esters is 1. The minimum Gasteiger partial charge on any atom is -0.497 e. The van der Waals surface area contributed by atoms with Gasteiger partial charge in [-0.05, 0) is 37.3 Å². The van der Waals surface area contributed by atoms with Gasteiger partial charge in [0.05, 0.1) is 32.0 Å². The highest BCUT2D eigenvalue weighted by atomic mass is 16.5. The van der Waals surface area contributed by atoms with E-state index in [0.717, 1.165) is 0 Å². The van der Waals surface area contributed by atoms with Crippen molar-refractivity contribution in [3.63, 3.8) is 0 Å². The Kier molecular flexibility index (Phi) is 8.02. The second kappa shape index (κ2) is 10.7. The Morgan fingerprint density at radius 3 is 2.38 bits per heavy atom. The molecule has 1 N–H and O–H groups in total. The fourth-order valence-corrected chi connectivity index (χ4v) is 2.49. The van der Waals surface area contributed by atoms with Gasteiger partial charge in [0, 0.05) is 0 Å². The van der Waals surface area contributed by atoms with Gasteiger partial charge in [-0.3, -0.25) is 14.4 Å². The molecule has 0 atom stereocenters. The summed E-state index contributed by atoms with van der Waals surface area (Å²) >= 11 is 0. The van der Waals surface area contributed by atoms with E-state index in [1.165, 1.54) is 20.3 Å². The highest BCUT2D eigenvalue weighted by Gasteiger charge is 2.17. The summed E-state index contributed by atoms with van der Waals surface area (Å²) < 4.78 is 20.6. The average Bonchev–Trinajstić information content (AvgIpc) is 2.75. The molecule has 8 heteroatoms. The molecule has 0 aliphatic carbocycles. The van der Waals surface area contributed by atoms with Gasteiger partial charge in [0.25, 0.3) is 5.91 Å². The van der Waals surface area contributed by atoms with Crippen molar-refractivity contribution in [2.24, 2.45) is 0 Å². The molecule has 1 amide bonds. The van der Waals surface area contributed by atoms with E-state index >= 15 is 0 Å². The van der Waals surface area contributed by atoms with Gasteiger partial charge in [-0.2, -0.15) is 0 Å². The SMILES string of the molecule is CCOc1ccccc1C(=O)NCC(=O)OCC(=O)c1cc(OC)ccc1OC. The van der Waals surface area contributed by atoms with Crippen molar-refractivity contribution in [2.45, 2.75) is 6.92 Å². The number of methoxy groups -OCH3 is 2. The van der Waals surface area contributed by atoms with Crippen LogP contribution in [-0.4, -0.2) is 51.6 Å². The first-order valence-electron chi connectivity index (χ1n) is 8.91. The van der Waals surface area contributed by atoms with Gasteiger partial charge in [-0.15, -0.1) is 0 Å². The van der Waals surface area contributed by atoms with E-state index in [1.807, 2.05) is 0 Å². The highest BCUT2D eigenvalue weighted by molar-refractivity contribution is 6.01. The lowest BCUT2D eigenvalue weighted by atomic mass is 10.1. The number of hydrogen-bond acceptors (Lipinski definition) is 7. The molecule has 29 heavy (non-hydrogen) atoms. The third-order valence-electron chi connectivity index (χ3n) is 3.90. The fourth-order valence-electron chi connectivity index (χ4n) is 2.49. The Hall–Kier alpha value is -3.55. The molecule has 0 fully saturated rings. The minimum atomic E-state index is -0.748. The summed E-state index contributed by atoms with van der Waals surface area (Å²) in [5.74, 6) is -0.453. The molecular weight excluding hydrogens is 378 g/mol. The number of carbonyl (C=O) groups is 3. The maximum absolute atomic E-state index is 12.4. The molecule has 0 aromatic heterocycles. The number of nitrogens with one attached hydrogen (secondary N) is 1. The second-order valence-corrected chi connectivity index (χ2v) is 5.76. The Morgan fingerprint density at radius 2 is 1.69 bits per heavy atom. The summed E-state index contributed by atoms with van der Waals surface area (Å²) in [5.41, 5.74) is 0.536. The maximum Gasteiger partial charge on any atom is 0.325 e. The predicted molar refractivity (Wildman–Crippen MR) is 105 cm³/mol. The van der Waals surface area contributed by atoms with Gasteiger partial charge < -0.3 is 24.3 Å². The van der Waals surface area contributed by atoms with Crippen LogP contribution in [-0.2, 0) is 9.53 Å². The van der Waals surface area contributed by atoms with E-state index in [0.29, 0.717) is 29.4 Å². The van der Waals surface area contributed by atoms with Crippen LogP contribution in [0.4, 0.5) is 0 Å². The molecule has 8 nitrogen and oxygen atoms in total. The molecule has 0 bridgehead atoms. The molecule has 0 saturated carbocycles. The number of para-hydroxylation sites is 1. The molecular formula is C21H23NO7. The standard InChI is InChI=1S/C21H23NO7/c1-4-28-19-8-6-5-7-15(19)21(25)22-12-20(24)29-13-17(23)16-11-14(26-2)9-10-18(16)27-3/h5-11H,4,12-13H2,1-3H3,(H,22,25). The molecule has 0 aliphatic rings. The largest absolute Gasteiger partial charge is 0.497 e. The second-order valence-electron chi connectivity index (χ2n) is 5.76. The van der Waals surface area contributed by atoms with E-state index in [-0.39, 0.29) is 12.1 Å². The Bertz CT molecular complexity index is 879.